The lowest BCUT2D eigenvalue weighted by Crippen LogP contribution is -2.22. The van der Waals surface area contributed by atoms with E-state index < -0.39 is 0 Å². The van der Waals surface area contributed by atoms with Crippen LogP contribution in [0, 0.1) is 13.8 Å². The Balaban J connectivity index is 0.975. The fourth-order valence-electron chi connectivity index (χ4n) is 6.84. The van der Waals surface area contributed by atoms with Crippen molar-refractivity contribution in [2.75, 3.05) is 27.1 Å². The highest BCUT2D eigenvalue weighted by Gasteiger charge is 2.29. The van der Waals surface area contributed by atoms with Crippen molar-refractivity contribution >= 4 is 45.3 Å². The van der Waals surface area contributed by atoms with Crippen molar-refractivity contribution in [1.82, 2.24) is 0 Å². The summed E-state index contributed by atoms with van der Waals surface area (Å²) < 4.78 is 42.8. The fourth-order valence-corrected chi connectivity index (χ4v) is 7.35. The molecule has 0 aromatic heterocycles. The van der Waals surface area contributed by atoms with Crippen molar-refractivity contribution in [1.29, 1.82) is 0 Å². The van der Waals surface area contributed by atoms with E-state index in [0.717, 1.165) is 46.2 Å². The van der Waals surface area contributed by atoms with Gasteiger partial charge in [-0.3, -0.25) is 0 Å². The standard InChI is InChI=1S/C48H38Cl2N2O7/c1-28-6-10-30(11-7-28)31-12-17-34(18-13-31)56-27-57-41-26-39-38(25-40(41)55-23-5-4-22-54-33-15-8-29(2)9-16-33)52-44-43(50)48-45(42(49)47(44)58-39)51-37-21-14-32-24-35(53-3)19-20-36(32)46(37)59-48/h6-21,24-26H,4-5,22-23,27H2,1-3H3. The summed E-state index contributed by atoms with van der Waals surface area (Å²) in [5.41, 5.74) is 5.69. The fraction of sp³-hybridized carbons (Fsp3) is 0.167. The largest absolute Gasteiger partial charge is 0.497 e. The Hall–Kier alpha value is -6.42. The highest BCUT2D eigenvalue weighted by molar-refractivity contribution is 6.35. The topological polar surface area (TPSA) is 89.3 Å². The van der Waals surface area contributed by atoms with Crippen LogP contribution in [0.3, 0.4) is 0 Å². The summed E-state index contributed by atoms with van der Waals surface area (Å²) in [7, 11) is 1.63. The van der Waals surface area contributed by atoms with Crippen LogP contribution in [0.4, 0.5) is 11.4 Å². The number of aryl methyl sites for hydroxylation is 2. The van der Waals surface area contributed by atoms with Crippen LogP contribution in [0.1, 0.15) is 24.0 Å². The Kier molecular flexibility index (Phi) is 10.6. The first kappa shape index (κ1) is 38.1. The summed E-state index contributed by atoms with van der Waals surface area (Å²) >= 11 is 14.1. The summed E-state index contributed by atoms with van der Waals surface area (Å²) in [5.74, 6) is 4.57. The maximum absolute atomic E-state index is 7.06. The molecule has 0 N–H and O–H groups in total. The van der Waals surface area contributed by atoms with Gasteiger partial charge in [0.15, 0.2) is 34.5 Å². The second-order valence-corrected chi connectivity index (χ2v) is 14.9. The Labute approximate surface area is 350 Å². The minimum atomic E-state index is -0.0890. The van der Waals surface area contributed by atoms with Crippen LogP contribution in [0.5, 0.6) is 51.7 Å². The molecule has 0 unspecified atom stereocenters. The van der Waals surface area contributed by atoms with Gasteiger partial charge in [0.05, 0.1) is 20.3 Å². The second kappa shape index (κ2) is 16.4. The molecule has 296 valence electrons. The molecule has 2 aliphatic heterocycles. The van der Waals surface area contributed by atoms with E-state index in [0.29, 0.717) is 64.1 Å². The third kappa shape index (κ3) is 7.91. The van der Waals surface area contributed by atoms with E-state index in [1.165, 1.54) is 11.1 Å². The van der Waals surface area contributed by atoms with Gasteiger partial charge in [0.25, 0.3) is 0 Å². The van der Waals surface area contributed by atoms with E-state index in [1.54, 1.807) is 19.2 Å². The van der Waals surface area contributed by atoms with Gasteiger partial charge in [-0.25, -0.2) is 9.98 Å². The molecule has 11 heteroatoms. The number of unbranched alkanes of at least 4 members (excludes halogenated alkanes) is 1. The molecule has 0 amide bonds. The molecule has 7 aromatic rings. The maximum atomic E-state index is 7.06. The van der Waals surface area contributed by atoms with Crippen LogP contribution in [0.2, 0.25) is 10.0 Å². The molecule has 0 saturated heterocycles. The van der Waals surface area contributed by atoms with Crippen LogP contribution < -0.4 is 43.9 Å². The minimum Gasteiger partial charge on any atom is -0.497 e. The molecule has 0 atom stereocenters. The number of ether oxygens (including phenoxy) is 7. The lowest BCUT2D eigenvalue weighted by atomic mass is 10.0. The summed E-state index contributed by atoms with van der Waals surface area (Å²) in [4.78, 5) is 9.78. The van der Waals surface area contributed by atoms with Gasteiger partial charge in [-0.05, 0) is 91.7 Å². The molecule has 0 radical (unpaired) electrons. The van der Waals surface area contributed by atoms with Gasteiger partial charge in [-0.15, -0.1) is 0 Å². The predicted molar refractivity (Wildman–Crippen MR) is 229 cm³/mol. The molecule has 0 fully saturated rings. The first-order valence-electron chi connectivity index (χ1n) is 19.2. The predicted octanol–water partition coefficient (Wildman–Crippen LogP) is 12.2. The number of methoxy groups -OCH3 is 1. The first-order chi connectivity index (χ1) is 28.8. The van der Waals surface area contributed by atoms with E-state index >= 15 is 0 Å². The molecule has 0 bridgehead atoms. The van der Waals surface area contributed by atoms with E-state index in [-0.39, 0.29) is 28.3 Å². The molecular weight excluding hydrogens is 787 g/mol. The molecule has 9 nitrogen and oxygen atoms in total. The molecule has 9 rings (SSSR count). The highest BCUT2D eigenvalue weighted by Crippen LogP contribution is 2.48. The normalized spacial score (nSPS) is 12.0. The van der Waals surface area contributed by atoms with Crippen LogP contribution in [-0.4, -0.2) is 27.1 Å². The van der Waals surface area contributed by atoms with Crippen molar-refractivity contribution in [3.63, 3.8) is 0 Å². The highest BCUT2D eigenvalue weighted by atomic mass is 35.5. The molecule has 2 heterocycles. The van der Waals surface area contributed by atoms with Gasteiger partial charge >= 0.3 is 0 Å². The van der Waals surface area contributed by atoms with Gasteiger partial charge in [0.2, 0.25) is 6.79 Å². The zero-order chi connectivity index (χ0) is 40.5. The number of fused-ring (bicyclic) bond motifs is 6. The number of hydrogen-bond donors (Lipinski definition) is 0. The van der Waals surface area contributed by atoms with Crippen LogP contribution >= 0.6 is 23.2 Å². The van der Waals surface area contributed by atoms with Crippen LogP contribution in [0.25, 0.3) is 21.9 Å². The van der Waals surface area contributed by atoms with Gasteiger partial charge in [0, 0.05) is 17.5 Å². The van der Waals surface area contributed by atoms with Crippen molar-refractivity contribution in [3.05, 3.63) is 147 Å². The third-order valence-electron chi connectivity index (χ3n) is 10.1. The van der Waals surface area contributed by atoms with Crippen molar-refractivity contribution in [3.8, 4) is 62.9 Å². The molecule has 0 aliphatic carbocycles. The third-order valence-corrected chi connectivity index (χ3v) is 10.8. The van der Waals surface area contributed by atoms with E-state index in [2.05, 4.69) is 31.2 Å². The van der Waals surface area contributed by atoms with Crippen LogP contribution in [0.15, 0.2) is 125 Å². The maximum Gasteiger partial charge on any atom is 0.231 e. The summed E-state index contributed by atoms with van der Waals surface area (Å²) in [5, 5.41) is 2.85. The monoisotopic (exact) mass is 824 g/mol. The number of nitrogens with zero attached hydrogens (tertiary/aromatic N) is 2. The zero-order valence-electron chi connectivity index (χ0n) is 32.5. The average molecular weight is 826 g/mol. The minimum absolute atomic E-state index is 0.0890. The van der Waals surface area contributed by atoms with E-state index in [9.17, 15) is 0 Å². The van der Waals surface area contributed by atoms with Crippen molar-refractivity contribution in [2.24, 2.45) is 9.98 Å². The zero-order valence-corrected chi connectivity index (χ0v) is 34.0. The molecule has 59 heavy (non-hydrogen) atoms. The average Bonchev–Trinajstić information content (AvgIpc) is 3.26. The molecule has 2 aliphatic rings. The number of hydrogen-bond acceptors (Lipinski definition) is 9. The van der Waals surface area contributed by atoms with Gasteiger partial charge in [0.1, 0.15) is 49.4 Å². The summed E-state index contributed by atoms with van der Waals surface area (Å²) in [6.07, 6.45) is 1.52. The lowest BCUT2D eigenvalue weighted by Gasteiger charge is -2.22. The number of halogens is 2. The van der Waals surface area contributed by atoms with Gasteiger partial charge < -0.3 is 33.2 Å². The number of rotatable bonds is 13. The van der Waals surface area contributed by atoms with Crippen molar-refractivity contribution < 1.29 is 33.2 Å². The molecule has 0 spiro atoms. The van der Waals surface area contributed by atoms with E-state index in [1.807, 2.05) is 85.8 Å². The molecule has 7 aromatic carbocycles. The Bertz CT molecular complexity index is 2830. The van der Waals surface area contributed by atoms with Crippen LogP contribution in [-0.2, 0) is 0 Å². The van der Waals surface area contributed by atoms with Crippen molar-refractivity contribution in [2.45, 2.75) is 26.7 Å². The van der Waals surface area contributed by atoms with E-state index in [4.69, 9.17) is 66.3 Å². The van der Waals surface area contributed by atoms with Gasteiger partial charge in [-0.2, -0.15) is 0 Å². The first-order valence-corrected chi connectivity index (χ1v) is 19.9. The molecular formula is C48H38Cl2N2O7. The Morgan fingerprint density at radius 1 is 0.525 bits per heavy atom. The SMILES string of the molecule is COc1ccc2c3c(ccc2c1)N=c1c(Cl)c2c(c(Cl)c1O3)=Nc1cc(OCCCCOc3ccc(C)cc3)c(OCOc3ccc(-c4ccc(C)cc4)cc3)cc1O2. The summed E-state index contributed by atoms with van der Waals surface area (Å²) in [6, 6.07) is 37.3. The molecule has 0 saturated carbocycles. The van der Waals surface area contributed by atoms with Gasteiger partial charge in [-0.1, -0.05) is 88.9 Å². The quantitative estimate of drug-likeness (QED) is 0.0845. The smallest absolute Gasteiger partial charge is 0.231 e. The Morgan fingerprint density at radius 3 is 1.81 bits per heavy atom. The summed E-state index contributed by atoms with van der Waals surface area (Å²) in [6.45, 7) is 5.00. The number of benzene rings is 7. The Morgan fingerprint density at radius 2 is 1.10 bits per heavy atom. The lowest BCUT2D eigenvalue weighted by molar-refractivity contribution is 0.114. The second-order valence-electron chi connectivity index (χ2n) is 14.2.